The first-order chi connectivity index (χ1) is 14.2. The van der Waals surface area contributed by atoms with E-state index >= 15 is 0 Å². The Morgan fingerprint density at radius 3 is 2.77 bits per heavy atom. The zero-order valence-corrected chi connectivity index (χ0v) is 16.0. The Kier molecular flexibility index (Phi) is 4.98. The number of rotatable bonds is 4. The Hall–Kier alpha value is -3.34. The van der Waals surface area contributed by atoms with E-state index in [2.05, 4.69) is 20.1 Å². The number of carbonyl (C=O) groups is 1. The van der Waals surface area contributed by atoms with Crippen molar-refractivity contribution in [1.29, 1.82) is 0 Å². The van der Waals surface area contributed by atoms with E-state index in [1.165, 1.54) is 6.07 Å². The number of carbonyl (C=O) groups excluding carboxylic acids is 1. The van der Waals surface area contributed by atoms with E-state index in [-0.39, 0.29) is 17.9 Å². The van der Waals surface area contributed by atoms with E-state index in [0.717, 1.165) is 23.0 Å². The first-order valence-electron chi connectivity index (χ1n) is 9.16. The summed E-state index contributed by atoms with van der Waals surface area (Å²) in [6.07, 6.45) is 0.641. The molecule has 0 saturated heterocycles. The largest absolute Gasteiger partial charge is 0.451 e. The van der Waals surface area contributed by atoms with Gasteiger partial charge in [-0.1, -0.05) is 0 Å². The van der Waals surface area contributed by atoms with Crippen molar-refractivity contribution >= 4 is 5.91 Å². The van der Waals surface area contributed by atoms with Gasteiger partial charge in [0.05, 0.1) is 23.3 Å². The molecule has 30 heavy (non-hydrogen) atoms. The monoisotopic (exact) mass is 417 g/mol. The predicted molar refractivity (Wildman–Crippen MR) is 99.5 cm³/mol. The molecule has 3 aromatic heterocycles. The van der Waals surface area contributed by atoms with Crippen molar-refractivity contribution in [3.63, 3.8) is 0 Å². The van der Waals surface area contributed by atoms with E-state index in [1.807, 2.05) is 18.0 Å². The molecular formula is C19H18F3N7O. The molecule has 1 amide bonds. The van der Waals surface area contributed by atoms with Crippen molar-refractivity contribution in [3.8, 4) is 5.69 Å². The van der Waals surface area contributed by atoms with Crippen molar-refractivity contribution in [2.75, 3.05) is 6.54 Å². The average molecular weight is 417 g/mol. The number of nitrogens with zero attached hydrogens (tertiary/aromatic N) is 6. The molecule has 4 heterocycles. The zero-order chi connectivity index (χ0) is 21.5. The number of alkyl halides is 3. The second-order valence-corrected chi connectivity index (χ2v) is 7.11. The van der Waals surface area contributed by atoms with Crippen LogP contribution in [0.4, 0.5) is 13.2 Å². The van der Waals surface area contributed by atoms with Crippen molar-refractivity contribution < 1.29 is 18.0 Å². The minimum atomic E-state index is -4.60. The summed E-state index contributed by atoms with van der Waals surface area (Å²) >= 11 is 0. The maximum Gasteiger partial charge on any atom is 0.451 e. The van der Waals surface area contributed by atoms with Crippen LogP contribution < -0.4 is 5.73 Å². The molecule has 0 atom stereocenters. The molecule has 11 heteroatoms. The number of hydrogen-bond donors (Lipinski definition) is 1. The average Bonchev–Trinajstić information content (AvgIpc) is 3.12. The number of aryl methyl sites for hydroxylation is 1. The van der Waals surface area contributed by atoms with Gasteiger partial charge in [-0.3, -0.25) is 9.69 Å². The maximum absolute atomic E-state index is 12.9. The Morgan fingerprint density at radius 1 is 1.30 bits per heavy atom. The lowest BCUT2D eigenvalue weighted by Gasteiger charge is -2.29. The van der Waals surface area contributed by atoms with Crippen LogP contribution >= 0.6 is 0 Å². The number of pyridine rings is 1. The molecule has 156 valence electrons. The summed E-state index contributed by atoms with van der Waals surface area (Å²) in [7, 11) is 0. The lowest BCUT2D eigenvalue weighted by molar-refractivity contribution is -0.145. The van der Waals surface area contributed by atoms with Gasteiger partial charge < -0.3 is 5.73 Å². The third-order valence-corrected chi connectivity index (χ3v) is 4.80. The van der Waals surface area contributed by atoms with Crippen LogP contribution in [0.3, 0.4) is 0 Å². The number of fused-ring (bicyclic) bond motifs is 1. The molecule has 0 unspecified atom stereocenters. The first-order valence-corrected chi connectivity index (χ1v) is 9.16. The lowest BCUT2D eigenvalue weighted by Crippen LogP contribution is -2.33. The van der Waals surface area contributed by atoms with Gasteiger partial charge in [-0.2, -0.15) is 18.3 Å². The molecule has 0 aromatic carbocycles. The number of primary amides is 1. The Labute approximate surface area is 169 Å². The van der Waals surface area contributed by atoms with Gasteiger partial charge in [-0.15, -0.1) is 0 Å². The number of halogens is 3. The molecule has 0 bridgehead atoms. The number of nitrogens with two attached hydrogens (primary N) is 1. The van der Waals surface area contributed by atoms with Crippen LogP contribution in [0, 0.1) is 6.92 Å². The minimum Gasteiger partial charge on any atom is -0.364 e. The third kappa shape index (κ3) is 4.01. The third-order valence-electron chi connectivity index (χ3n) is 4.80. The molecule has 1 aliphatic heterocycles. The van der Waals surface area contributed by atoms with Gasteiger partial charge in [0, 0.05) is 37.6 Å². The van der Waals surface area contributed by atoms with Crippen LogP contribution in [-0.2, 0) is 25.7 Å². The van der Waals surface area contributed by atoms with Crippen LogP contribution in [-0.4, -0.2) is 42.1 Å². The highest BCUT2D eigenvalue weighted by Crippen LogP contribution is 2.28. The summed E-state index contributed by atoms with van der Waals surface area (Å²) in [5.41, 5.74) is 9.08. The molecule has 3 aromatic rings. The number of hydrogen-bond acceptors (Lipinski definition) is 6. The van der Waals surface area contributed by atoms with Crippen LogP contribution in [0.25, 0.3) is 5.69 Å². The lowest BCUT2D eigenvalue weighted by atomic mass is 10.0. The molecule has 0 aliphatic carbocycles. The molecule has 2 N–H and O–H groups in total. The molecule has 8 nitrogen and oxygen atoms in total. The maximum atomic E-state index is 12.9. The van der Waals surface area contributed by atoms with Gasteiger partial charge in [-0.05, 0) is 31.0 Å². The molecule has 0 saturated carbocycles. The van der Waals surface area contributed by atoms with E-state index in [9.17, 15) is 18.0 Å². The molecular weight excluding hydrogens is 399 g/mol. The fraction of sp³-hybridized carbons (Fsp3) is 0.316. The van der Waals surface area contributed by atoms with Gasteiger partial charge in [0.1, 0.15) is 5.69 Å². The quantitative estimate of drug-likeness (QED) is 0.697. The van der Waals surface area contributed by atoms with Crippen LogP contribution in [0.1, 0.15) is 38.8 Å². The van der Waals surface area contributed by atoms with Gasteiger partial charge >= 0.3 is 6.18 Å². The predicted octanol–water partition coefficient (Wildman–Crippen LogP) is 2.04. The van der Waals surface area contributed by atoms with Gasteiger partial charge in [0.15, 0.2) is 0 Å². The minimum absolute atomic E-state index is 0.111. The number of aromatic nitrogens is 5. The standard InChI is InChI=1S/C19H18F3N7O/c1-11-7-25-29(8-11)16-6-14(17(23)30)27-15-10-28(5-3-13(15)16)9-12-2-4-24-18(26-12)19(20,21)22/h2,4,6-8H,3,5,9-10H2,1H3,(H2,23,30). The highest BCUT2D eigenvalue weighted by Gasteiger charge is 2.34. The molecule has 0 spiro atoms. The fourth-order valence-corrected chi connectivity index (χ4v) is 3.43. The Balaban J connectivity index is 1.64. The van der Waals surface area contributed by atoms with E-state index in [0.29, 0.717) is 25.2 Å². The van der Waals surface area contributed by atoms with Crippen LogP contribution in [0.15, 0.2) is 30.7 Å². The van der Waals surface area contributed by atoms with Crippen molar-refractivity contribution in [3.05, 3.63) is 64.8 Å². The van der Waals surface area contributed by atoms with E-state index < -0.39 is 17.9 Å². The van der Waals surface area contributed by atoms with Gasteiger partial charge in [0.2, 0.25) is 5.82 Å². The van der Waals surface area contributed by atoms with E-state index in [1.54, 1.807) is 16.9 Å². The fourth-order valence-electron chi connectivity index (χ4n) is 3.43. The van der Waals surface area contributed by atoms with Crippen molar-refractivity contribution in [1.82, 2.24) is 29.6 Å². The summed E-state index contributed by atoms with van der Waals surface area (Å²) in [5.74, 6) is -1.83. The summed E-state index contributed by atoms with van der Waals surface area (Å²) in [5, 5.41) is 4.31. The van der Waals surface area contributed by atoms with E-state index in [4.69, 9.17) is 5.73 Å². The summed E-state index contributed by atoms with van der Waals surface area (Å²) in [6, 6.07) is 3.07. The Bertz CT molecular complexity index is 1110. The van der Waals surface area contributed by atoms with Crippen molar-refractivity contribution in [2.24, 2.45) is 5.73 Å². The molecule has 1 aliphatic rings. The van der Waals surface area contributed by atoms with Crippen LogP contribution in [0.5, 0.6) is 0 Å². The smallest absolute Gasteiger partial charge is 0.364 e. The molecule has 0 fully saturated rings. The van der Waals surface area contributed by atoms with Crippen molar-refractivity contribution in [2.45, 2.75) is 32.6 Å². The van der Waals surface area contributed by atoms with Crippen LogP contribution in [0.2, 0.25) is 0 Å². The van der Waals surface area contributed by atoms with Gasteiger partial charge in [-0.25, -0.2) is 19.6 Å². The Morgan fingerprint density at radius 2 is 2.10 bits per heavy atom. The zero-order valence-electron chi connectivity index (χ0n) is 16.0. The second kappa shape index (κ2) is 7.48. The second-order valence-electron chi connectivity index (χ2n) is 7.11. The topological polar surface area (TPSA) is 103 Å². The highest BCUT2D eigenvalue weighted by atomic mass is 19.4. The number of amides is 1. The summed E-state index contributed by atoms with van der Waals surface area (Å²) in [4.78, 5) is 25.0. The normalized spacial score (nSPS) is 14.5. The molecule has 4 rings (SSSR count). The van der Waals surface area contributed by atoms with Gasteiger partial charge in [0.25, 0.3) is 5.91 Å². The summed E-state index contributed by atoms with van der Waals surface area (Å²) < 4.78 is 40.3. The highest BCUT2D eigenvalue weighted by molar-refractivity contribution is 5.91. The first kappa shape index (κ1) is 20.0. The SMILES string of the molecule is Cc1cnn(-c2cc(C(N)=O)nc3c2CCN(Cc2ccnc(C(F)(F)F)n2)C3)c1. The summed E-state index contributed by atoms with van der Waals surface area (Å²) in [6.45, 7) is 3.03. The molecule has 0 radical (unpaired) electrons.